The highest BCUT2D eigenvalue weighted by atomic mass is 127. The number of thioether (sulfide) groups is 1. The van der Waals surface area contributed by atoms with E-state index < -0.39 is 23.7 Å². The number of methoxy groups -OCH3 is 1. The second kappa shape index (κ2) is 7.17. The highest BCUT2D eigenvalue weighted by Gasteiger charge is 2.36. The molecule has 0 atom stereocenters. The number of halogens is 2. The van der Waals surface area contributed by atoms with Crippen molar-refractivity contribution >= 4 is 80.1 Å². The minimum absolute atomic E-state index is 0.0424. The lowest BCUT2D eigenvalue weighted by Crippen LogP contribution is -2.34. The summed E-state index contributed by atoms with van der Waals surface area (Å²) in [5.74, 6) is -1.20. The number of hydrogen-bond acceptors (Lipinski definition) is 6. The molecule has 0 saturated carbocycles. The van der Waals surface area contributed by atoms with Gasteiger partial charge in [0.25, 0.3) is 11.1 Å². The Morgan fingerprint density at radius 2 is 2.09 bits per heavy atom. The van der Waals surface area contributed by atoms with Gasteiger partial charge in [-0.2, -0.15) is 0 Å². The molecule has 1 saturated heterocycles. The maximum Gasteiger partial charge on any atom is 0.325 e. The topological polar surface area (TPSA) is 83.9 Å². The van der Waals surface area contributed by atoms with E-state index in [0.29, 0.717) is 9.13 Å². The van der Waals surface area contributed by atoms with E-state index in [9.17, 15) is 19.5 Å². The first kappa shape index (κ1) is 17.5. The first-order chi connectivity index (χ1) is 10.3. The van der Waals surface area contributed by atoms with Crippen molar-refractivity contribution in [2.75, 3.05) is 13.7 Å². The zero-order valence-electron chi connectivity index (χ0n) is 11.1. The molecule has 1 aromatic rings. The zero-order valence-corrected chi connectivity index (χ0v) is 16.3. The summed E-state index contributed by atoms with van der Waals surface area (Å²) >= 11 is 4.80. The van der Waals surface area contributed by atoms with Crippen LogP contribution in [0, 0.1) is 7.14 Å². The van der Waals surface area contributed by atoms with E-state index in [1.54, 1.807) is 12.1 Å². The Morgan fingerprint density at radius 1 is 1.41 bits per heavy atom. The summed E-state index contributed by atoms with van der Waals surface area (Å²) in [4.78, 5) is 36.2. The first-order valence-corrected chi connectivity index (χ1v) is 8.81. The molecule has 0 bridgehead atoms. The largest absolute Gasteiger partial charge is 0.506 e. The van der Waals surface area contributed by atoms with Crippen molar-refractivity contribution in [3.8, 4) is 5.75 Å². The number of aromatic hydroxyl groups is 1. The van der Waals surface area contributed by atoms with Crippen LogP contribution < -0.4 is 0 Å². The van der Waals surface area contributed by atoms with Gasteiger partial charge in [0.2, 0.25) is 0 Å². The number of esters is 1. The SMILES string of the molecule is COC(=O)CN1C(=O)S/C(=C\c2cc(I)cc(I)c2O)C1=O. The van der Waals surface area contributed by atoms with Crippen LogP contribution in [0.25, 0.3) is 6.08 Å². The third-order valence-corrected chi connectivity index (χ3v) is 5.09. The maximum absolute atomic E-state index is 12.2. The molecule has 2 rings (SSSR count). The molecule has 0 radical (unpaired) electrons. The van der Waals surface area contributed by atoms with Gasteiger partial charge >= 0.3 is 5.97 Å². The summed E-state index contributed by atoms with van der Waals surface area (Å²) < 4.78 is 5.99. The average molecular weight is 545 g/mol. The van der Waals surface area contributed by atoms with Gasteiger partial charge in [-0.05, 0) is 75.2 Å². The van der Waals surface area contributed by atoms with Gasteiger partial charge in [0.1, 0.15) is 12.3 Å². The number of amides is 2. The second-order valence-electron chi connectivity index (χ2n) is 4.17. The molecule has 22 heavy (non-hydrogen) atoms. The molecule has 1 aliphatic heterocycles. The Morgan fingerprint density at radius 3 is 2.73 bits per heavy atom. The van der Waals surface area contributed by atoms with Crippen LogP contribution in [0.4, 0.5) is 4.79 Å². The number of nitrogens with zero attached hydrogens (tertiary/aromatic N) is 1. The Bertz CT molecular complexity index is 704. The van der Waals surface area contributed by atoms with Crippen LogP contribution in [0.2, 0.25) is 0 Å². The molecule has 1 heterocycles. The number of rotatable bonds is 3. The highest BCUT2D eigenvalue weighted by molar-refractivity contribution is 14.1. The fourth-order valence-corrected chi connectivity index (χ4v) is 4.39. The van der Waals surface area contributed by atoms with E-state index in [2.05, 4.69) is 27.3 Å². The van der Waals surface area contributed by atoms with Crippen LogP contribution in [0.5, 0.6) is 5.75 Å². The number of imide groups is 1. The zero-order chi connectivity index (χ0) is 16.4. The van der Waals surface area contributed by atoms with Gasteiger partial charge < -0.3 is 9.84 Å². The Balaban J connectivity index is 2.33. The van der Waals surface area contributed by atoms with Gasteiger partial charge in [0, 0.05) is 9.13 Å². The van der Waals surface area contributed by atoms with Crippen molar-refractivity contribution in [2.45, 2.75) is 0 Å². The molecule has 1 fully saturated rings. The first-order valence-electron chi connectivity index (χ1n) is 5.83. The molecular weight excluding hydrogens is 536 g/mol. The van der Waals surface area contributed by atoms with E-state index in [0.717, 1.165) is 20.2 Å². The Labute approximate surface area is 157 Å². The molecule has 0 aromatic heterocycles. The van der Waals surface area contributed by atoms with Crippen molar-refractivity contribution in [1.82, 2.24) is 4.90 Å². The molecule has 1 aliphatic rings. The molecule has 9 heteroatoms. The molecular formula is C13H9I2NO5S. The molecule has 0 unspecified atom stereocenters. The summed E-state index contributed by atoms with van der Waals surface area (Å²) in [6.07, 6.45) is 1.45. The summed E-state index contributed by atoms with van der Waals surface area (Å²) in [6, 6.07) is 3.49. The van der Waals surface area contributed by atoms with Gasteiger partial charge in [0.05, 0.1) is 15.6 Å². The molecule has 1 aromatic carbocycles. The third kappa shape index (κ3) is 3.74. The number of phenols is 1. The molecule has 6 nitrogen and oxygen atoms in total. The van der Waals surface area contributed by atoms with Crippen LogP contribution in [0.3, 0.4) is 0 Å². The van der Waals surface area contributed by atoms with Crippen LogP contribution in [0.15, 0.2) is 17.0 Å². The summed E-state index contributed by atoms with van der Waals surface area (Å²) in [7, 11) is 1.18. The summed E-state index contributed by atoms with van der Waals surface area (Å²) in [5.41, 5.74) is 0.444. The fourth-order valence-electron chi connectivity index (χ4n) is 1.67. The van der Waals surface area contributed by atoms with Gasteiger partial charge in [-0.1, -0.05) is 0 Å². The van der Waals surface area contributed by atoms with E-state index >= 15 is 0 Å². The monoisotopic (exact) mass is 545 g/mol. The lowest BCUT2D eigenvalue weighted by molar-refractivity contribution is -0.143. The predicted octanol–water partition coefficient (Wildman–Crippen LogP) is 2.81. The van der Waals surface area contributed by atoms with Crippen molar-refractivity contribution < 1.29 is 24.2 Å². The van der Waals surface area contributed by atoms with E-state index in [-0.39, 0.29) is 10.7 Å². The number of benzene rings is 1. The minimum Gasteiger partial charge on any atom is -0.506 e. The van der Waals surface area contributed by atoms with Crippen molar-refractivity contribution in [3.63, 3.8) is 0 Å². The number of phenolic OH excluding ortho intramolecular Hbond substituents is 1. The average Bonchev–Trinajstić information content (AvgIpc) is 2.71. The highest BCUT2D eigenvalue weighted by Crippen LogP contribution is 2.35. The van der Waals surface area contributed by atoms with Crippen molar-refractivity contribution in [1.29, 1.82) is 0 Å². The lowest BCUT2D eigenvalue weighted by atomic mass is 10.2. The molecule has 2 amide bonds. The van der Waals surface area contributed by atoms with Crippen LogP contribution >= 0.6 is 56.9 Å². The Hall–Kier alpha value is -0.820. The smallest absolute Gasteiger partial charge is 0.325 e. The van der Waals surface area contributed by atoms with E-state index in [1.165, 1.54) is 13.2 Å². The van der Waals surface area contributed by atoms with Gasteiger partial charge in [-0.3, -0.25) is 19.3 Å². The fraction of sp³-hybridized carbons (Fsp3) is 0.154. The number of carbonyl (C=O) groups excluding carboxylic acids is 3. The molecule has 116 valence electrons. The van der Waals surface area contributed by atoms with Crippen molar-refractivity contribution in [3.05, 3.63) is 29.7 Å². The summed E-state index contributed by atoms with van der Waals surface area (Å²) in [6.45, 7) is -0.422. The Kier molecular flexibility index (Phi) is 5.71. The normalized spacial score (nSPS) is 16.5. The number of hydrogen-bond donors (Lipinski definition) is 1. The van der Waals surface area contributed by atoms with Crippen LogP contribution in [-0.4, -0.2) is 40.8 Å². The van der Waals surface area contributed by atoms with Crippen molar-refractivity contribution in [2.24, 2.45) is 0 Å². The number of carbonyl (C=O) groups is 3. The minimum atomic E-state index is -0.671. The van der Waals surface area contributed by atoms with Crippen LogP contribution in [0.1, 0.15) is 5.56 Å². The van der Waals surface area contributed by atoms with E-state index in [1.807, 2.05) is 22.6 Å². The van der Waals surface area contributed by atoms with Gasteiger partial charge in [0.15, 0.2) is 0 Å². The molecule has 0 spiro atoms. The van der Waals surface area contributed by atoms with E-state index in [4.69, 9.17) is 0 Å². The van der Waals surface area contributed by atoms with Crippen LogP contribution in [-0.2, 0) is 14.3 Å². The maximum atomic E-state index is 12.2. The molecule has 1 N–H and O–H groups in total. The standard InChI is InChI=1S/C13H9I2NO5S/c1-21-10(17)5-16-12(19)9(22-13(16)20)3-6-2-7(14)4-8(15)11(6)18/h2-4,18H,5H2,1H3/b9-3-. The predicted molar refractivity (Wildman–Crippen MR) is 98.2 cm³/mol. The second-order valence-corrected chi connectivity index (χ2v) is 7.57. The lowest BCUT2D eigenvalue weighted by Gasteiger charge is -2.09. The quantitative estimate of drug-likeness (QED) is 0.358. The van der Waals surface area contributed by atoms with Gasteiger partial charge in [-0.15, -0.1) is 0 Å². The number of ether oxygens (including phenoxy) is 1. The summed E-state index contributed by atoms with van der Waals surface area (Å²) in [5, 5.41) is 9.49. The van der Waals surface area contributed by atoms with Gasteiger partial charge in [-0.25, -0.2) is 0 Å². The third-order valence-electron chi connectivity index (χ3n) is 2.73. The molecule has 0 aliphatic carbocycles.